The van der Waals surface area contributed by atoms with Gasteiger partial charge in [0.2, 0.25) is 0 Å². The lowest BCUT2D eigenvalue weighted by Crippen LogP contribution is -2.07. The van der Waals surface area contributed by atoms with Crippen LogP contribution in [0.25, 0.3) is 11.0 Å². The van der Waals surface area contributed by atoms with E-state index < -0.39 is 0 Å². The third kappa shape index (κ3) is 3.49. The lowest BCUT2D eigenvalue weighted by molar-refractivity contribution is 0.0754. The molecule has 2 rings (SSSR count). The predicted molar refractivity (Wildman–Crippen MR) is 80.4 cm³/mol. The maximum absolute atomic E-state index is 9.42. The first-order valence-corrected chi connectivity index (χ1v) is 7.09. The molecule has 0 aliphatic heterocycles. The molecule has 5 heteroatoms. The minimum atomic E-state index is -0.0585. The molecule has 1 aromatic heterocycles. The summed E-state index contributed by atoms with van der Waals surface area (Å²) >= 11 is 0. The SMILES string of the molecule is CC(C)OCCCCn1c(CO)nc2cc(N)ccc21. The first kappa shape index (κ1) is 14.8. The number of imidazole rings is 1. The summed E-state index contributed by atoms with van der Waals surface area (Å²) in [6.07, 6.45) is 2.27. The van der Waals surface area contributed by atoms with Gasteiger partial charge in [-0.25, -0.2) is 4.98 Å². The van der Waals surface area contributed by atoms with Crippen molar-refractivity contribution in [1.29, 1.82) is 0 Å². The average molecular weight is 277 g/mol. The summed E-state index contributed by atoms with van der Waals surface area (Å²) in [6.45, 7) is 5.62. The highest BCUT2D eigenvalue weighted by Crippen LogP contribution is 2.20. The van der Waals surface area contributed by atoms with Gasteiger partial charge in [-0.3, -0.25) is 0 Å². The van der Waals surface area contributed by atoms with E-state index in [-0.39, 0.29) is 12.7 Å². The van der Waals surface area contributed by atoms with E-state index in [2.05, 4.69) is 9.55 Å². The molecule has 0 fully saturated rings. The van der Waals surface area contributed by atoms with Gasteiger partial charge in [0.25, 0.3) is 0 Å². The summed E-state index contributed by atoms with van der Waals surface area (Å²) in [4.78, 5) is 4.42. The van der Waals surface area contributed by atoms with Crippen LogP contribution in [-0.4, -0.2) is 27.4 Å². The van der Waals surface area contributed by atoms with Crippen LogP contribution in [0.15, 0.2) is 18.2 Å². The monoisotopic (exact) mass is 277 g/mol. The van der Waals surface area contributed by atoms with E-state index in [0.29, 0.717) is 11.5 Å². The Labute approximate surface area is 119 Å². The van der Waals surface area contributed by atoms with Gasteiger partial charge in [-0.15, -0.1) is 0 Å². The number of hydrogen-bond acceptors (Lipinski definition) is 4. The topological polar surface area (TPSA) is 73.3 Å². The number of aryl methyl sites for hydroxylation is 1. The molecule has 0 spiro atoms. The minimum Gasteiger partial charge on any atom is -0.399 e. The van der Waals surface area contributed by atoms with Gasteiger partial charge < -0.3 is 20.1 Å². The highest BCUT2D eigenvalue weighted by molar-refractivity contribution is 5.79. The molecule has 0 amide bonds. The number of aliphatic hydroxyl groups is 1. The van der Waals surface area contributed by atoms with Crippen LogP contribution in [0.4, 0.5) is 5.69 Å². The van der Waals surface area contributed by atoms with Crippen molar-refractivity contribution in [2.24, 2.45) is 0 Å². The van der Waals surface area contributed by atoms with E-state index in [1.807, 2.05) is 32.0 Å². The highest BCUT2D eigenvalue weighted by Gasteiger charge is 2.09. The summed E-state index contributed by atoms with van der Waals surface area (Å²) in [5.74, 6) is 0.690. The van der Waals surface area contributed by atoms with Crippen LogP contribution in [0.5, 0.6) is 0 Å². The Hall–Kier alpha value is -1.59. The first-order valence-electron chi connectivity index (χ1n) is 7.09. The zero-order valence-electron chi connectivity index (χ0n) is 12.2. The largest absolute Gasteiger partial charge is 0.399 e. The van der Waals surface area contributed by atoms with Crippen LogP contribution in [0, 0.1) is 0 Å². The molecular weight excluding hydrogens is 254 g/mol. The average Bonchev–Trinajstić information content (AvgIpc) is 2.75. The maximum Gasteiger partial charge on any atom is 0.135 e. The summed E-state index contributed by atoms with van der Waals surface area (Å²) in [7, 11) is 0. The van der Waals surface area contributed by atoms with Crippen molar-refractivity contribution in [1.82, 2.24) is 9.55 Å². The maximum atomic E-state index is 9.42. The van der Waals surface area contributed by atoms with E-state index in [4.69, 9.17) is 10.5 Å². The molecule has 0 radical (unpaired) electrons. The predicted octanol–water partition coefficient (Wildman–Crippen LogP) is 2.32. The van der Waals surface area contributed by atoms with Gasteiger partial charge in [0.05, 0.1) is 17.1 Å². The molecule has 0 bridgehead atoms. The van der Waals surface area contributed by atoms with E-state index in [1.165, 1.54) is 0 Å². The van der Waals surface area contributed by atoms with Crippen LogP contribution < -0.4 is 5.73 Å². The fourth-order valence-electron chi connectivity index (χ4n) is 2.26. The molecule has 20 heavy (non-hydrogen) atoms. The second-order valence-corrected chi connectivity index (χ2v) is 5.21. The number of aromatic nitrogens is 2. The van der Waals surface area contributed by atoms with E-state index in [0.717, 1.165) is 37.0 Å². The lowest BCUT2D eigenvalue weighted by atomic mass is 10.2. The molecule has 0 aliphatic rings. The molecule has 1 aromatic carbocycles. The highest BCUT2D eigenvalue weighted by atomic mass is 16.5. The number of anilines is 1. The first-order chi connectivity index (χ1) is 9.61. The quantitative estimate of drug-likeness (QED) is 0.601. The molecule has 5 nitrogen and oxygen atoms in total. The van der Waals surface area contributed by atoms with Crippen molar-refractivity contribution < 1.29 is 9.84 Å². The summed E-state index contributed by atoms with van der Waals surface area (Å²) in [5.41, 5.74) is 8.32. The third-order valence-electron chi connectivity index (χ3n) is 3.22. The number of hydrogen-bond donors (Lipinski definition) is 2. The molecule has 1 heterocycles. The number of nitrogens with two attached hydrogens (primary N) is 1. The Kier molecular flexibility index (Phi) is 4.98. The van der Waals surface area contributed by atoms with Crippen molar-refractivity contribution in [3.8, 4) is 0 Å². The Morgan fingerprint density at radius 1 is 1.35 bits per heavy atom. The van der Waals surface area contributed by atoms with E-state index in [1.54, 1.807) is 0 Å². The minimum absolute atomic E-state index is 0.0585. The molecule has 0 saturated carbocycles. The molecule has 0 atom stereocenters. The van der Waals surface area contributed by atoms with E-state index in [9.17, 15) is 5.11 Å². The van der Waals surface area contributed by atoms with Crippen molar-refractivity contribution in [2.45, 2.75) is 45.9 Å². The van der Waals surface area contributed by atoms with Crippen molar-refractivity contribution in [2.75, 3.05) is 12.3 Å². The lowest BCUT2D eigenvalue weighted by Gasteiger charge is -2.09. The van der Waals surface area contributed by atoms with Crippen LogP contribution in [0.2, 0.25) is 0 Å². The zero-order chi connectivity index (χ0) is 14.5. The number of benzene rings is 1. The van der Waals surface area contributed by atoms with E-state index >= 15 is 0 Å². The second kappa shape index (κ2) is 6.72. The van der Waals surface area contributed by atoms with Crippen LogP contribution in [-0.2, 0) is 17.9 Å². The third-order valence-corrected chi connectivity index (χ3v) is 3.22. The van der Waals surface area contributed by atoms with Crippen LogP contribution in [0.1, 0.15) is 32.5 Å². The van der Waals surface area contributed by atoms with Crippen molar-refractivity contribution >= 4 is 16.7 Å². The smallest absolute Gasteiger partial charge is 0.135 e. The second-order valence-electron chi connectivity index (χ2n) is 5.21. The van der Waals surface area contributed by atoms with Gasteiger partial charge in [-0.05, 0) is 44.9 Å². The number of nitrogen functional groups attached to an aromatic ring is 1. The van der Waals surface area contributed by atoms with Gasteiger partial charge in [0.1, 0.15) is 12.4 Å². The molecular formula is C15H23N3O2. The van der Waals surface area contributed by atoms with Crippen molar-refractivity contribution in [3.05, 3.63) is 24.0 Å². The fourth-order valence-corrected chi connectivity index (χ4v) is 2.26. The number of fused-ring (bicyclic) bond motifs is 1. The van der Waals surface area contributed by atoms with Crippen LogP contribution in [0.3, 0.4) is 0 Å². The molecule has 0 aliphatic carbocycles. The summed E-state index contributed by atoms with van der Waals surface area (Å²) < 4.78 is 7.59. The molecule has 110 valence electrons. The standard InChI is InChI=1S/C15H23N3O2/c1-11(2)20-8-4-3-7-18-14-6-5-12(16)9-13(14)17-15(18)10-19/h5-6,9,11,19H,3-4,7-8,10,16H2,1-2H3. The number of unbranched alkanes of at least 4 members (excludes halogenated alkanes) is 1. The number of rotatable bonds is 7. The van der Waals surface area contributed by atoms with Gasteiger partial charge in [-0.1, -0.05) is 0 Å². The molecule has 0 unspecified atom stereocenters. The number of aliphatic hydroxyl groups excluding tert-OH is 1. The Balaban J connectivity index is 2.04. The Morgan fingerprint density at radius 3 is 2.85 bits per heavy atom. The number of ether oxygens (including phenoxy) is 1. The fraction of sp³-hybridized carbons (Fsp3) is 0.533. The van der Waals surface area contributed by atoms with Gasteiger partial charge >= 0.3 is 0 Å². The zero-order valence-corrected chi connectivity index (χ0v) is 12.2. The Morgan fingerprint density at radius 2 is 2.15 bits per heavy atom. The molecule has 0 saturated heterocycles. The molecule has 3 N–H and O–H groups in total. The Bertz CT molecular complexity index is 563. The van der Waals surface area contributed by atoms with Gasteiger partial charge in [0, 0.05) is 18.8 Å². The normalized spacial score (nSPS) is 11.6. The molecule has 2 aromatic rings. The summed E-state index contributed by atoms with van der Waals surface area (Å²) in [5, 5.41) is 9.42. The van der Waals surface area contributed by atoms with Crippen LogP contribution >= 0.6 is 0 Å². The van der Waals surface area contributed by atoms with Gasteiger partial charge in [0.15, 0.2) is 0 Å². The number of nitrogens with zero attached hydrogens (tertiary/aromatic N) is 2. The van der Waals surface area contributed by atoms with Crippen molar-refractivity contribution in [3.63, 3.8) is 0 Å². The summed E-state index contributed by atoms with van der Waals surface area (Å²) in [6, 6.07) is 5.66. The van der Waals surface area contributed by atoms with Gasteiger partial charge in [-0.2, -0.15) is 0 Å².